The summed E-state index contributed by atoms with van der Waals surface area (Å²) in [5.74, 6) is 0. The molecule has 1 fully saturated rings. The number of nitrogens with zero attached hydrogens (tertiary/aromatic N) is 3. The summed E-state index contributed by atoms with van der Waals surface area (Å²) in [5, 5.41) is 8.03. The molecule has 0 saturated carbocycles. The van der Waals surface area contributed by atoms with E-state index in [0.717, 1.165) is 22.2 Å². The van der Waals surface area contributed by atoms with Crippen LogP contribution in [0.25, 0.3) is 0 Å². The molecule has 1 saturated heterocycles. The first-order valence-electron chi connectivity index (χ1n) is 4.63. The van der Waals surface area contributed by atoms with Gasteiger partial charge in [-0.15, -0.1) is 5.10 Å². The van der Waals surface area contributed by atoms with Crippen LogP contribution in [-0.2, 0) is 0 Å². The summed E-state index contributed by atoms with van der Waals surface area (Å²) in [6.45, 7) is 2.14. The van der Waals surface area contributed by atoms with Gasteiger partial charge in [-0.3, -0.25) is 5.10 Å². The third-order valence-corrected chi connectivity index (χ3v) is 3.74. The van der Waals surface area contributed by atoms with Gasteiger partial charge in [-0.05, 0) is 32.7 Å². The monoisotopic (exact) mass is 230 g/mol. The molecular formula is C8H14N4S2. The Bertz CT molecular complexity index is 356. The standard InChI is InChI=1S/C8H14N4S2/c1-11(2)6-3-4-12(5-6)7-9-10-8(13)14-7/h6H,3-5H2,1-2H3,(H,10,13). The fraction of sp³-hybridized carbons (Fsp3) is 0.750. The first-order valence-corrected chi connectivity index (χ1v) is 5.86. The van der Waals surface area contributed by atoms with Crippen LogP contribution < -0.4 is 4.90 Å². The maximum absolute atomic E-state index is 5.01. The SMILES string of the molecule is CN(C)C1CCN(c2n[nH]c(=S)s2)C1. The highest BCUT2D eigenvalue weighted by atomic mass is 32.1. The molecule has 1 aliphatic rings. The van der Waals surface area contributed by atoms with Crippen LogP contribution in [0.15, 0.2) is 0 Å². The van der Waals surface area contributed by atoms with Crippen LogP contribution >= 0.6 is 23.6 Å². The molecule has 1 unspecified atom stereocenters. The molecule has 6 heteroatoms. The van der Waals surface area contributed by atoms with Crippen molar-refractivity contribution in [3.63, 3.8) is 0 Å². The van der Waals surface area contributed by atoms with Crippen LogP contribution in [0.5, 0.6) is 0 Å². The quantitative estimate of drug-likeness (QED) is 0.778. The molecule has 14 heavy (non-hydrogen) atoms. The Hall–Kier alpha value is -0.460. The fourth-order valence-electron chi connectivity index (χ4n) is 1.69. The van der Waals surface area contributed by atoms with Gasteiger partial charge in [0.2, 0.25) is 5.13 Å². The normalized spacial score (nSPS) is 22.2. The van der Waals surface area contributed by atoms with Gasteiger partial charge in [0.25, 0.3) is 0 Å². The van der Waals surface area contributed by atoms with Gasteiger partial charge >= 0.3 is 0 Å². The predicted octanol–water partition coefficient (Wildman–Crippen LogP) is 1.34. The van der Waals surface area contributed by atoms with Gasteiger partial charge in [0.15, 0.2) is 3.95 Å². The summed E-state index contributed by atoms with van der Waals surface area (Å²) in [5.41, 5.74) is 0. The zero-order chi connectivity index (χ0) is 10.1. The van der Waals surface area contributed by atoms with Gasteiger partial charge < -0.3 is 9.80 Å². The highest BCUT2D eigenvalue weighted by Gasteiger charge is 2.25. The van der Waals surface area contributed by atoms with Crippen molar-refractivity contribution in [1.82, 2.24) is 15.1 Å². The molecule has 1 aliphatic heterocycles. The van der Waals surface area contributed by atoms with E-state index in [9.17, 15) is 0 Å². The van der Waals surface area contributed by atoms with Crippen LogP contribution in [-0.4, -0.2) is 48.3 Å². The molecule has 1 aromatic heterocycles. The van der Waals surface area contributed by atoms with E-state index in [1.54, 1.807) is 11.3 Å². The van der Waals surface area contributed by atoms with Crippen LogP contribution in [0.1, 0.15) is 6.42 Å². The van der Waals surface area contributed by atoms with Crippen molar-refractivity contribution in [1.29, 1.82) is 0 Å². The summed E-state index contributed by atoms with van der Waals surface area (Å²) < 4.78 is 0.758. The molecule has 0 spiro atoms. The van der Waals surface area contributed by atoms with E-state index in [1.165, 1.54) is 6.42 Å². The summed E-state index contributed by atoms with van der Waals surface area (Å²) in [7, 11) is 4.25. The Morgan fingerprint density at radius 2 is 2.43 bits per heavy atom. The van der Waals surface area contributed by atoms with Crippen LogP contribution in [0.4, 0.5) is 5.13 Å². The number of H-pyrrole nitrogens is 1. The van der Waals surface area contributed by atoms with Crippen molar-refractivity contribution in [2.45, 2.75) is 12.5 Å². The number of likely N-dealkylation sites (N-methyl/N-ethyl adjacent to an activating group) is 1. The van der Waals surface area contributed by atoms with E-state index in [-0.39, 0.29) is 0 Å². The maximum Gasteiger partial charge on any atom is 0.206 e. The summed E-state index contributed by atoms with van der Waals surface area (Å²) in [4.78, 5) is 4.56. The first-order chi connectivity index (χ1) is 6.66. The molecule has 78 valence electrons. The van der Waals surface area contributed by atoms with Gasteiger partial charge in [0.1, 0.15) is 0 Å². The third-order valence-electron chi connectivity index (χ3n) is 2.59. The van der Waals surface area contributed by atoms with Gasteiger partial charge in [0, 0.05) is 19.1 Å². The van der Waals surface area contributed by atoms with Crippen molar-refractivity contribution >= 4 is 28.7 Å². The topological polar surface area (TPSA) is 35.2 Å². The minimum absolute atomic E-state index is 0.646. The molecule has 1 atom stereocenters. The predicted molar refractivity (Wildman–Crippen MR) is 61.6 cm³/mol. The lowest BCUT2D eigenvalue weighted by Gasteiger charge is -2.19. The second kappa shape index (κ2) is 3.96. The van der Waals surface area contributed by atoms with Crippen molar-refractivity contribution in [2.75, 3.05) is 32.1 Å². The minimum atomic E-state index is 0.646. The lowest BCUT2D eigenvalue weighted by molar-refractivity contribution is 0.315. The Labute approximate surface area is 92.5 Å². The first kappa shape index (κ1) is 10.1. The summed E-state index contributed by atoms with van der Waals surface area (Å²) >= 11 is 6.57. The van der Waals surface area contributed by atoms with Crippen LogP contribution in [0.2, 0.25) is 0 Å². The Morgan fingerprint density at radius 1 is 1.64 bits per heavy atom. The van der Waals surface area contributed by atoms with E-state index in [2.05, 4.69) is 34.1 Å². The zero-order valence-electron chi connectivity index (χ0n) is 8.36. The zero-order valence-corrected chi connectivity index (χ0v) is 9.99. The Morgan fingerprint density at radius 3 is 2.93 bits per heavy atom. The third kappa shape index (κ3) is 1.97. The maximum atomic E-state index is 5.01. The highest BCUT2D eigenvalue weighted by Crippen LogP contribution is 2.23. The lowest BCUT2D eigenvalue weighted by Crippen LogP contribution is -2.31. The largest absolute Gasteiger partial charge is 0.345 e. The number of hydrogen-bond acceptors (Lipinski definition) is 5. The molecule has 0 amide bonds. The Kier molecular flexibility index (Phi) is 2.85. The number of rotatable bonds is 2. The van der Waals surface area contributed by atoms with E-state index in [1.807, 2.05) is 0 Å². The number of nitrogens with one attached hydrogen (secondary N) is 1. The van der Waals surface area contributed by atoms with E-state index >= 15 is 0 Å². The molecule has 4 nitrogen and oxygen atoms in total. The smallest absolute Gasteiger partial charge is 0.206 e. The van der Waals surface area contributed by atoms with Gasteiger partial charge in [-0.2, -0.15) is 0 Å². The average molecular weight is 230 g/mol. The van der Waals surface area contributed by atoms with Crippen molar-refractivity contribution in [2.24, 2.45) is 0 Å². The summed E-state index contributed by atoms with van der Waals surface area (Å²) in [6.07, 6.45) is 1.21. The van der Waals surface area contributed by atoms with Crippen molar-refractivity contribution in [3.05, 3.63) is 3.95 Å². The van der Waals surface area contributed by atoms with Crippen molar-refractivity contribution < 1.29 is 0 Å². The van der Waals surface area contributed by atoms with Gasteiger partial charge in [-0.1, -0.05) is 11.3 Å². The molecule has 2 heterocycles. The Balaban J connectivity index is 2.05. The molecule has 2 rings (SSSR count). The number of anilines is 1. The van der Waals surface area contributed by atoms with E-state index in [0.29, 0.717) is 6.04 Å². The minimum Gasteiger partial charge on any atom is -0.345 e. The van der Waals surface area contributed by atoms with Gasteiger partial charge in [0.05, 0.1) is 0 Å². The molecule has 0 aromatic carbocycles. The molecule has 0 bridgehead atoms. The van der Waals surface area contributed by atoms with Gasteiger partial charge in [-0.25, -0.2) is 0 Å². The number of aromatic amines is 1. The second-order valence-electron chi connectivity index (χ2n) is 3.75. The lowest BCUT2D eigenvalue weighted by atomic mass is 10.2. The number of hydrogen-bond donors (Lipinski definition) is 1. The highest BCUT2D eigenvalue weighted by molar-refractivity contribution is 7.73. The van der Waals surface area contributed by atoms with Crippen molar-refractivity contribution in [3.8, 4) is 0 Å². The second-order valence-corrected chi connectivity index (χ2v) is 5.39. The van der Waals surface area contributed by atoms with Crippen LogP contribution in [0.3, 0.4) is 0 Å². The average Bonchev–Trinajstić information content (AvgIpc) is 2.70. The fourth-order valence-corrected chi connectivity index (χ4v) is 2.61. The number of aromatic nitrogens is 2. The molecule has 0 aliphatic carbocycles. The summed E-state index contributed by atoms with van der Waals surface area (Å²) in [6, 6.07) is 0.646. The molecule has 0 radical (unpaired) electrons. The van der Waals surface area contributed by atoms with E-state index < -0.39 is 0 Å². The van der Waals surface area contributed by atoms with Crippen LogP contribution in [0, 0.1) is 3.95 Å². The molecule has 1 N–H and O–H groups in total. The molecule has 1 aromatic rings. The molecular weight excluding hydrogens is 216 g/mol. The van der Waals surface area contributed by atoms with E-state index in [4.69, 9.17) is 12.2 Å².